The number of carboxylic acids is 1. The summed E-state index contributed by atoms with van der Waals surface area (Å²) in [6.45, 7) is -0.232. The van der Waals surface area contributed by atoms with Crippen molar-refractivity contribution in [1.82, 2.24) is 10.6 Å². The van der Waals surface area contributed by atoms with Gasteiger partial charge in [0.25, 0.3) is 11.8 Å². The topological polar surface area (TPSA) is 181 Å². The first-order valence-corrected chi connectivity index (χ1v) is 28.4. The highest BCUT2D eigenvalue weighted by molar-refractivity contribution is 7.18. The maximum atomic E-state index is 13.8. The van der Waals surface area contributed by atoms with Gasteiger partial charge in [-0.15, -0.1) is 22.7 Å². The summed E-state index contributed by atoms with van der Waals surface area (Å²) in [5.74, 6) is -0.433. The van der Waals surface area contributed by atoms with Gasteiger partial charge in [-0.05, 0) is 97.9 Å². The van der Waals surface area contributed by atoms with E-state index in [-0.39, 0.29) is 84.6 Å². The highest BCUT2D eigenvalue weighted by atomic mass is 32.1. The maximum Gasteiger partial charge on any atom is 0.350 e. The number of methoxy groups -OCH3 is 1. The number of esters is 1. The summed E-state index contributed by atoms with van der Waals surface area (Å²) < 4.78 is 16.3. The van der Waals surface area contributed by atoms with Crippen molar-refractivity contribution in [2.75, 3.05) is 30.1 Å². The van der Waals surface area contributed by atoms with Crippen LogP contribution in [-0.2, 0) is 23.9 Å². The van der Waals surface area contributed by atoms with Crippen LogP contribution in [-0.4, -0.2) is 85.2 Å². The molecule has 4 aliphatic rings. The van der Waals surface area contributed by atoms with Gasteiger partial charge >= 0.3 is 11.9 Å². The number of carbonyl (C=O) groups is 6. The second kappa shape index (κ2) is 26.2. The van der Waals surface area contributed by atoms with Gasteiger partial charge in [0.1, 0.15) is 21.3 Å². The van der Waals surface area contributed by atoms with Crippen molar-refractivity contribution in [2.24, 2.45) is 11.8 Å². The van der Waals surface area contributed by atoms with Gasteiger partial charge in [0.15, 0.2) is 13.2 Å². The number of ether oxygens (including phenoxy) is 3. The van der Waals surface area contributed by atoms with Gasteiger partial charge < -0.3 is 39.8 Å². The van der Waals surface area contributed by atoms with E-state index in [2.05, 4.69) is 10.6 Å². The Kier molecular flexibility index (Phi) is 18.5. The standard InChI is InChI=1S/C31H34N2O5S.C30H32N2O5S/c1-37-31(36)30-26(19-27(39-30)22-13-7-3-8-14-22)33-25(21-11-5-2-6-12-21)17-23(18-29(33)35)32-28(34)20-38-24-15-9-4-10-16-24;33-27(19-37-23-14-8-3-9-15-23)31-22-16-24(20-10-4-1-5-11-20)32(28(34)17-22)25-18-26(38-29(25)30(35)36)21-12-6-2-7-13-21/h3-4,7-10,13-16,19,21,23,25H,2,5-6,11-12,17-18,20H2,1H3,(H,32,34);2-3,6-9,12-15,18,20,22,24H,1,4-5,10-11,16-17,19H2,(H,31,33)(H,35,36). The predicted molar refractivity (Wildman–Crippen MR) is 300 cm³/mol. The number of nitrogens with one attached hydrogen (secondary N) is 2. The number of hydrogen-bond donors (Lipinski definition) is 3. The fourth-order valence-electron chi connectivity index (χ4n) is 11.5. The van der Waals surface area contributed by atoms with E-state index >= 15 is 0 Å². The lowest BCUT2D eigenvalue weighted by molar-refractivity contribution is -0.127. The number of hydrogen-bond acceptors (Lipinski definition) is 11. The lowest BCUT2D eigenvalue weighted by atomic mass is 9.78. The molecule has 77 heavy (non-hydrogen) atoms. The van der Waals surface area contributed by atoms with Crippen molar-refractivity contribution in [2.45, 2.75) is 114 Å². The van der Waals surface area contributed by atoms with Crippen LogP contribution in [0.25, 0.3) is 20.9 Å². The van der Waals surface area contributed by atoms with Gasteiger partial charge in [0.2, 0.25) is 11.8 Å². The number of benzene rings is 4. The van der Waals surface area contributed by atoms with Crippen molar-refractivity contribution < 1.29 is 48.1 Å². The van der Waals surface area contributed by atoms with Gasteiger partial charge in [-0.1, -0.05) is 136 Å². The molecule has 2 saturated heterocycles. The number of nitrogens with zero attached hydrogens (tertiary/aromatic N) is 2. The smallest absolute Gasteiger partial charge is 0.350 e. The Labute approximate surface area is 457 Å². The third-order valence-corrected chi connectivity index (χ3v) is 17.4. The van der Waals surface area contributed by atoms with Crippen LogP contribution in [0.15, 0.2) is 133 Å². The normalized spacial score (nSPS) is 20.1. The molecule has 4 aromatic carbocycles. The molecule has 16 heteroatoms. The Bertz CT molecular complexity index is 2960. The minimum Gasteiger partial charge on any atom is -0.484 e. The number of rotatable bonds is 16. The summed E-state index contributed by atoms with van der Waals surface area (Å²) in [5.41, 5.74) is 3.00. The molecule has 402 valence electrons. The molecule has 2 aliphatic carbocycles. The second-order valence-corrected chi connectivity index (χ2v) is 22.4. The van der Waals surface area contributed by atoms with E-state index in [0.29, 0.717) is 46.5 Å². The van der Waals surface area contributed by atoms with Gasteiger partial charge in [-0.25, -0.2) is 9.59 Å². The summed E-state index contributed by atoms with van der Waals surface area (Å²) in [7, 11) is 1.37. The molecule has 4 unspecified atom stereocenters. The number of carboxylic acid groups (broad SMARTS) is 1. The lowest BCUT2D eigenvalue weighted by Gasteiger charge is -2.44. The van der Waals surface area contributed by atoms with Crippen LogP contribution in [0, 0.1) is 11.8 Å². The second-order valence-electron chi connectivity index (χ2n) is 20.2. The van der Waals surface area contributed by atoms with Crippen LogP contribution >= 0.6 is 22.7 Å². The molecule has 0 spiro atoms. The first-order chi connectivity index (χ1) is 37.5. The molecule has 4 amide bonds. The van der Waals surface area contributed by atoms with Crippen LogP contribution < -0.4 is 29.9 Å². The highest BCUT2D eigenvalue weighted by Gasteiger charge is 2.44. The van der Waals surface area contributed by atoms with Gasteiger partial charge in [0, 0.05) is 46.8 Å². The van der Waals surface area contributed by atoms with E-state index in [1.165, 1.54) is 42.6 Å². The summed E-state index contributed by atoms with van der Waals surface area (Å²) in [6, 6.07) is 40.7. The number of para-hydroxylation sites is 2. The summed E-state index contributed by atoms with van der Waals surface area (Å²) >= 11 is 2.55. The van der Waals surface area contributed by atoms with Crippen molar-refractivity contribution in [3.8, 4) is 32.4 Å². The SMILES string of the molecule is COC(=O)c1sc(-c2ccccc2)cc1N1C(=O)CC(NC(=O)COc2ccccc2)CC1C1CCCCC1.O=C(COc1ccccc1)NC1CC(=O)N(c2cc(-c3ccccc3)sc2C(=O)O)C(C2CCCCC2)C1. The molecule has 4 fully saturated rings. The average molecular weight is 1080 g/mol. The van der Waals surface area contributed by atoms with Gasteiger partial charge in [-0.2, -0.15) is 0 Å². The summed E-state index contributed by atoms with van der Waals surface area (Å²) in [4.78, 5) is 84.1. The van der Waals surface area contributed by atoms with E-state index in [1.807, 2.05) is 114 Å². The van der Waals surface area contributed by atoms with E-state index in [9.17, 15) is 33.9 Å². The third-order valence-electron chi connectivity index (χ3n) is 15.1. The van der Waals surface area contributed by atoms with E-state index in [0.717, 1.165) is 72.2 Å². The number of aromatic carboxylic acids is 1. The predicted octanol–water partition coefficient (Wildman–Crippen LogP) is 11.6. The zero-order valence-corrected chi connectivity index (χ0v) is 44.9. The third kappa shape index (κ3) is 13.8. The number of anilines is 2. The number of thiophene rings is 2. The fraction of sp³-hybridized carbons (Fsp3) is 0.377. The molecule has 14 nitrogen and oxygen atoms in total. The molecule has 6 aromatic rings. The fourth-order valence-corrected chi connectivity index (χ4v) is 13.6. The number of piperidine rings is 2. The molecular weight excluding hydrogens is 1010 g/mol. The van der Waals surface area contributed by atoms with Gasteiger partial charge in [0.05, 0.1) is 18.5 Å². The van der Waals surface area contributed by atoms with E-state index in [4.69, 9.17) is 14.2 Å². The quantitative estimate of drug-likeness (QED) is 0.0789. The Morgan fingerprint density at radius 1 is 0.545 bits per heavy atom. The highest BCUT2D eigenvalue weighted by Crippen LogP contribution is 2.45. The molecule has 2 aromatic heterocycles. The largest absolute Gasteiger partial charge is 0.484 e. The monoisotopic (exact) mass is 1080 g/mol. The molecule has 2 aliphatic heterocycles. The molecular formula is C61H66N4O10S2. The van der Waals surface area contributed by atoms with E-state index < -0.39 is 11.9 Å². The number of amides is 4. The summed E-state index contributed by atoms with van der Waals surface area (Å²) in [5, 5.41) is 16.1. The molecule has 2 saturated carbocycles. The minimum absolute atomic E-state index is 0.0892. The van der Waals surface area contributed by atoms with Crippen molar-refractivity contribution in [3.05, 3.63) is 143 Å². The maximum absolute atomic E-state index is 13.8. The zero-order chi connectivity index (χ0) is 53.7. The molecule has 4 atom stereocenters. The van der Waals surface area contributed by atoms with Crippen molar-refractivity contribution in [1.29, 1.82) is 0 Å². The Morgan fingerprint density at radius 3 is 1.31 bits per heavy atom. The van der Waals surface area contributed by atoms with Crippen LogP contribution in [0.4, 0.5) is 11.4 Å². The lowest BCUT2D eigenvalue weighted by Crippen LogP contribution is -2.56. The molecule has 0 bridgehead atoms. The Hall–Kier alpha value is -7.30. The molecule has 4 heterocycles. The van der Waals surface area contributed by atoms with Crippen molar-refractivity contribution in [3.63, 3.8) is 0 Å². The minimum atomic E-state index is -1.03. The van der Waals surface area contributed by atoms with Gasteiger partial charge in [-0.3, -0.25) is 19.2 Å². The first kappa shape index (κ1) is 54.5. The van der Waals surface area contributed by atoms with E-state index in [1.54, 1.807) is 29.2 Å². The Morgan fingerprint density at radius 2 is 0.922 bits per heavy atom. The average Bonchev–Trinajstić information content (AvgIpc) is 4.12. The summed E-state index contributed by atoms with van der Waals surface area (Å²) in [6.07, 6.45) is 12.3. The zero-order valence-electron chi connectivity index (χ0n) is 43.3. The number of carbonyl (C=O) groups excluding carboxylic acids is 5. The first-order valence-electron chi connectivity index (χ1n) is 26.8. The molecule has 3 N–H and O–H groups in total. The van der Waals surface area contributed by atoms with Crippen LogP contribution in [0.3, 0.4) is 0 Å². The van der Waals surface area contributed by atoms with Crippen LogP contribution in [0.2, 0.25) is 0 Å². The van der Waals surface area contributed by atoms with Crippen molar-refractivity contribution >= 4 is 69.6 Å². The van der Waals surface area contributed by atoms with Crippen LogP contribution in [0.5, 0.6) is 11.5 Å². The molecule has 0 radical (unpaired) electrons. The molecule has 10 rings (SSSR count). The Balaban J connectivity index is 0.000000188. The van der Waals surface area contributed by atoms with Crippen LogP contribution in [0.1, 0.15) is 109 Å².